The maximum absolute atomic E-state index is 11.9. The van der Waals surface area contributed by atoms with Crippen LogP contribution in [0.3, 0.4) is 0 Å². The van der Waals surface area contributed by atoms with Crippen LogP contribution in [0.1, 0.15) is 41.0 Å². The molecule has 0 aliphatic carbocycles. The van der Waals surface area contributed by atoms with Gasteiger partial charge in [0.05, 0.1) is 13.2 Å². The van der Waals surface area contributed by atoms with E-state index in [9.17, 15) is 4.79 Å². The van der Waals surface area contributed by atoms with Gasteiger partial charge in [-0.25, -0.2) is 4.79 Å². The van der Waals surface area contributed by atoms with Gasteiger partial charge in [-0.05, 0) is 40.7 Å². The molecule has 0 N–H and O–H groups in total. The van der Waals surface area contributed by atoms with Crippen LogP contribution in [-0.2, 0) is 9.47 Å². The van der Waals surface area contributed by atoms with Gasteiger partial charge in [0, 0.05) is 25.7 Å². The van der Waals surface area contributed by atoms with Gasteiger partial charge in [0.25, 0.3) is 0 Å². The van der Waals surface area contributed by atoms with Gasteiger partial charge in [-0.3, -0.25) is 4.90 Å². The largest absolute Gasteiger partial charge is 0.444 e. The first-order valence-electron chi connectivity index (χ1n) is 7.45. The van der Waals surface area contributed by atoms with Gasteiger partial charge in [0.15, 0.2) is 0 Å². The van der Waals surface area contributed by atoms with Crippen LogP contribution in [0, 0.1) is 0 Å². The molecule has 0 saturated carbocycles. The molecule has 0 aromatic carbocycles. The van der Waals surface area contributed by atoms with Crippen molar-refractivity contribution in [1.29, 1.82) is 0 Å². The van der Waals surface area contributed by atoms with E-state index in [1.54, 1.807) is 11.9 Å². The van der Waals surface area contributed by atoms with E-state index in [1.165, 1.54) is 0 Å². The van der Waals surface area contributed by atoms with Crippen LogP contribution in [0.25, 0.3) is 0 Å². The van der Waals surface area contributed by atoms with Gasteiger partial charge in [-0.1, -0.05) is 6.92 Å². The normalized spacial score (nSPS) is 24.5. The minimum Gasteiger partial charge on any atom is -0.444 e. The van der Waals surface area contributed by atoms with Crippen LogP contribution in [0.2, 0.25) is 0 Å². The number of hydrogen-bond donors (Lipinski definition) is 0. The van der Waals surface area contributed by atoms with Crippen molar-refractivity contribution in [3.8, 4) is 0 Å². The summed E-state index contributed by atoms with van der Waals surface area (Å²) in [5, 5.41) is 0. The van der Waals surface area contributed by atoms with E-state index >= 15 is 0 Å². The van der Waals surface area contributed by atoms with Crippen molar-refractivity contribution in [3.63, 3.8) is 0 Å². The lowest BCUT2D eigenvalue weighted by atomic mass is 9.95. The van der Waals surface area contributed by atoms with Crippen molar-refractivity contribution >= 4 is 6.09 Å². The lowest BCUT2D eigenvalue weighted by Crippen LogP contribution is -2.56. The van der Waals surface area contributed by atoms with E-state index in [4.69, 9.17) is 9.47 Å². The van der Waals surface area contributed by atoms with E-state index in [2.05, 4.69) is 18.7 Å². The lowest BCUT2D eigenvalue weighted by molar-refractivity contribution is -0.0641. The summed E-state index contributed by atoms with van der Waals surface area (Å²) in [6.45, 7) is 14.2. The summed E-state index contributed by atoms with van der Waals surface area (Å²) in [5.41, 5.74) is -0.443. The van der Waals surface area contributed by atoms with Crippen LogP contribution >= 0.6 is 0 Å². The van der Waals surface area contributed by atoms with Gasteiger partial charge in [0.1, 0.15) is 5.60 Å². The monoisotopic (exact) mass is 286 g/mol. The SMILES string of the molecule is CCN1CCOC[C@]1(C)CCN(C)C(=O)OC(C)(C)C. The van der Waals surface area contributed by atoms with Gasteiger partial charge in [0.2, 0.25) is 0 Å². The van der Waals surface area contributed by atoms with Gasteiger partial charge in [-0.2, -0.15) is 0 Å². The number of carbonyl (C=O) groups is 1. The second kappa shape index (κ2) is 6.76. The molecule has 1 amide bonds. The molecule has 20 heavy (non-hydrogen) atoms. The van der Waals surface area contributed by atoms with Crippen molar-refractivity contribution in [2.45, 2.75) is 52.2 Å². The average molecular weight is 286 g/mol. The number of amides is 1. The standard InChI is InChI=1S/C15H30N2O3/c1-7-17-10-11-19-12-15(17,5)8-9-16(6)13(18)20-14(2,3)4/h7-12H2,1-6H3/t15-/m0/s1. The van der Waals surface area contributed by atoms with Crippen LogP contribution < -0.4 is 0 Å². The highest BCUT2D eigenvalue weighted by Crippen LogP contribution is 2.23. The smallest absolute Gasteiger partial charge is 0.410 e. The molecule has 1 heterocycles. The molecule has 1 aliphatic rings. The Labute approximate surface area is 123 Å². The maximum atomic E-state index is 11.9. The zero-order valence-electron chi connectivity index (χ0n) is 13.9. The number of nitrogens with zero attached hydrogens (tertiary/aromatic N) is 2. The summed E-state index contributed by atoms with van der Waals surface area (Å²) in [7, 11) is 1.79. The first-order valence-corrected chi connectivity index (χ1v) is 7.45. The highest BCUT2D eigenvalue weighted by molar-refractivity contribution is 5.67. The molecule has 1 rings (SSSR count). The van der Waals surface area contributed by atoms with E-state index in [0.29, 0.717) is 6.54 Å². The minimum atomic E-state index is -0.446. The third-order valence-electron chi connectivity index (χ3n) is 3.75. The Morgan fingerprint density at radius 1 is 1.45 bits per heavy atom. The van der Waals surface area contributed by atoms with Gasteiger partial charge in [-0.15, -0.1) is 0 Å². The molecule has 5 heteroatoms. The molecule has 1 aliphatic heterocycles. The Balaban J connectivity index is 2.50. The van der Waals surface area contributed by atoms with Crippen molar-refractivity contribution in [3.05, 3.63) is 0 Å². The molecule has 5 nitrogen and oxygen atoms in total. The van der Waals surface area contributed by atoms with Gasteiger partial charge >= 0.3 is 6.09 Å². The Bertz CT molecular complexity index is 328. The average Bonchev–Trinajstić information content (AvgIpc) is 2.34. The van der Waals surface area contributed by atoms with E-state index in [1.807, 2.05) is 20.8 Å². The molecule has 1 fully saturated rings. The molecule has 0 spiro atoms. The highest BCUT2D eigenvalue weighted by atomic mass is 16.6. The Hall–Kier alpha value is -0.810. The summed E-state index contributed by atoms with van der Waals surface area (Å²) in [5.74, 6) is 0. The number of hydrogen-bond acceptors (Lipinski definition) is 4. The Morgan fingerprint density at radius 3 is 2.65 bits per heavy atom. The van der Waals surface area contributed by atoms with Crippen LogP contribution in [0.4, 0.5) is 4.79 Å². The van der Waals surface area contributed by atoms with Crippen molar-refractivity contribution in [2.24, 2.45) is 0 Å². The number of morpholine rings is 1. The molecule has 0 unspecified atom stereocenters. The summed E-state index contributed by atoms with van der Waals surface area (Å²) < 4.78 is 11.0. The second-order valence-electron chi connectivity index (χ2n) is 6.78. The number of likely N-dealkylation sites (N-methyl/N-ethyl adjacent to an activating group) is 1. The molecule has 1 atom stereocenters. The van der Waals surface area contributed by atoms with Crippen molar-refractivity contribution < 1.29 is 14.3 Å². The third kappa shape index (κ3) is 4.94. The predicted molar refractivity (Wildman–Crippen MR) is 80.0 cm³/mol. The third-order valence-corrected chi connectivity index (χ3v) is 3.75. The molecule has 1 saturated heterocycles. The second-order valence-corrected chi connectivity index (χ2v) is 6.78. The summed E-state index contributed by atoms with van der Waals surface area (Å²) in [4.78, 5) is 16.0. The summed E-state index contributed by atoms with van der Waals surface area (Å²) in [6, 6.07) is 0. The highest BCUT2D eigenvalue weighted by Gasteiger charge is 2.34. The van der Waals surface area contributed by atoms with Crippen molar-refractivity contribution in [1.82, 2.24) is 9.80 Å². The van der Waals surface area contributed by atoms with Gasteiger partial charge < -0.3 is 14.4 Å². The van der Waals surface area contributed by atoms with Crippen LogP contribution in [0.5, 0.6) is 0 Å². The number of ether oxygens (including phenoxy) is 2. The molecule has 0 radical (unpaired) electrons. The number of rotatable bonds is 4. The quantitative estimate of drug-likeness (QED) is 0.795. The van der Waals surface area contributed by atoms with Crippen LogP contribution in [0.15, 0.2) is 0 Å². The maximum Gasteiger partial charge on any atom is 0.410 e. The Kier molecular flexibility index (Phi) is 5.83. The topological polar surface area (TPSA) is 42.0 Å². The first kappa shape index (κ1) is 17.2. The summed E-state index contributed by atoms with van der Waals surface area (Å²) >= 11 is 0. The van der Waals surface area contributed by atoms with Crippen molar-refractivity contribution in [2.75, 3.05) is 39.9 Å². The lowest BCUT2D eigenvalue weighted by Gasteiger charge is -2.44. The van der Waals surface area contributed by atoms with E-state index < -0.39 is 5.60 Å². The first-order chi connectivity index (χ1) is 9.18. The van der Waals surface area contributed by atoms with E-state index in [0.717, 1.165) is 32.7 Å². The fourth-order valence-corrected chi connectivity index (χ4v) is 2.44. The fraction of sp³-hybridized carbons (Fsp3) is 0.933. The van der Waals surface area contributed by atoms with Crippen LogP contribution in [-0.4, -0.2) is 66.9 Å². The molecule has 0 aromatic heterocycles. The molecular formula is C15H30N2O3. The molecule has 0 aromatic rings. The number of carbonyl (C=O) groups excluding carboxylic acids is 1. The predicted octanol–water partition coefficient (Wildman–Crippen LogP) is 2.35. The molecule has 0 bridgehead atoms. The zero-order chi connectivity index (χ0) is 15.4. The minimum absolute atomic E-state index is 0.00325. The molecule has 118 valence electrons. The zero-order valence-corrected chi connectivity index (χ0v) is 13.9. The van der Waals surface area contributed by atoms with E-state index in [-0.39, 0.29) is 11.6 Å². The molecular weight excluding hydrogens is 256 g/mol. The fourth-order valence-electron chi connectivity index (χ4n) is 2.44. The summed E-state index contributed by atoms with van der Waals surface area (Å²) in [6.07, 6.45) is 0.622. The Morgan fingerprint density at radius 2 is 2.10 bits per heavy atom.